The molecular formula is C19H25N2P. The Morgan fingerprint density at radius 1 is 1.14 bits per heavy atom. The molecule has 22 heavy (non-hydrogen) atoms. The third kappa shape index (κ3) is 2.12. The Balaban J connectivity index is 1.92. The monoisotopic (exact) mass is 312 g/mol. The van der Waals surface area contributed by atoms with Gasteiger partial charge in [0.1, 0.15) is 0 Å². The molecule has 1 aromatic carbocycles. The van der Waals surface area contributed by atoms with Crippen molar-refractivity contribution in [3.05, 3.63) is 35.5 Å². The van der Waals surface area contributed by atoms with E-state index in [2.05, 4.69) is 51.6 Å². The summed E-state index contributed by atoms with van der Waals surface area (Å²) >= 11 is 0. The Morgan fingerprint density at radius 3 is 2.45 bits per heavy atom. The van der Waals surface area contributed by atoms with Crippen molar-refractivity contribution >= 4 is 31.5 Å². The van der Waals surface area contributed by atoms with Gasteiger partial charge in [-0.05, 0) is 68.1 Å². The van der Waals surface area contributed by atoms with Crippen molar-refractivity contribution < 1.29 is 0 Å². The molecule has 1 unspecified atom stereocenters. The van der Waals surface area contributed by atoms with E-state index >= 15 is 0 Å². The van der Waals surface area contributed by atoms with E-state index in [1.807, 2.05) is 0 Å². The number of hydrogen-bond donors (Lipinski definition) is 0. The van der Waals surface area contributed by atoms with E-state index in [1.54, 1.807) is 0 Å². The van der Waals surface area contributed by atoms with Crippen LogP contribution in [0.1, 0.15) is 43.7 Å². The van der Waals surface area contributed by atoms with E-state index in [-0.39, 0.29) is 0 Å². The van der Waals surface area contributed by atoms with Crippen LogP contribution >= 0.6 is 9.24 Å². The maximum Gasteiger partial charge on any atom is 0.0540 e. The normalized spacial score (nSPS) is 21.2. The third-order valence-electron chi connectivity index (χ3n) is 5.23. The Hall–Kier alpha value is -1.27. The van der Waals surface area contributed by atoms with Gasteiger partial charge >= 0.3 is 0 Å². The van der Waals surface area contributed by atoms with Gasteiger partial charge in [-0.15, -0.1) is 9.24 Å². The summed E-state index contributed by atoms with van der Waals surface area (Å²) in [5, 5.41) is 1.34. The first-order valence-electron chi connectivity index (χ1n) is 8.42. The second-order valence-electron chi connectivity index (χ2n) is 6.95. The molecule has 1 aliphatic carbocycles. The first-order chi connectivity index (χ1) is 10.6. The van der Waals surface area contributed by atoms with Crippen molar-refractivity contribution in [1.82, 2.24) is 0 Å². The lowest BCUT2D eigenvalue weighted by molar-refractivity contribution is 0.909. The van der Waals surface area contributed by atoms with Crippen molar-refractivity contribution in [2.75, 3.05) is 22.9 Å². The summed E-state index contributed by atoms with van der Waals surface area (Å²) in [6, 6.07) is 3.03. The minimum Gasteiger partial charge on any atom is -0.371 e. The predicted molar refractivity (Wildman–Crippen MR) is 100 cm³/mol. The van der Waals surface area contributed by atoms with Crippen LogP contribution in [0, 0.1) is 6.92 Å². The van der Waals surface area contributed by atoms with E-state index in [1.165, 1.54) is 77.8 Å². The number of hydrogen-bond acceptors (Lipinski definition) is 2. The van der Waals surface area contributed by atoms with Crippen LogP contribution in [0.25, 0.3) is 5.57 Å². The smallest absolute Gasteiger partial charge is 0.0540 e. The molecule has 0 aromatic heterocycles. The number of benzene rings is 1. The summed E-state index contributed by atoms with van der Waals surface area (Å²) in [7, 11) is 2.97. The van der Waals surface area contributed by atoms with Gasteiger partial charge in [0.15, 0.2) is 0 Å². The lowest BCUT2D eigenvalue weighted by Gasteiger charge is -2.36. The average molecular weight is 312 g/mol. The molecule has 116 valence electrons. The molecule has 0 N–H and O–H groups in total. The zero-order chi connectivity index (χ0) is 15.4. The second kappa shape index (κ2) is 5.13. The summed E-state index contributed by atoms with van der Waals surface area (Å²) in [5.74, 6) is 0. The van der Waals surface area contributed by atoms with Crippen LogP contribution in [-0.2, 0) is 0 Å². The Bertz CT molecular complexity index is 679. The number of rotatable bonds is 2. The number of allylic oxidation sites excluding steroid dienone is 2. The fourth-order valence-corrected chi connectivity index (χ4v) is 4.65. The second-order valence-corrected chi connectivity index (χ2v) is 7.57. The molecule has 1 saturated carbocycles. The molecule has 1 atom stereocenters. The van der Waals surface area contributed by atoms with Gasteiger partial charge in [-0.25, -0.2) is 0 Å². The van der Waals surface area contributed by atoms with Crippen LogP contribution in [0.5, 0.6) is 0 Å². The van der Waals surface area contributed by atoms with Crippen molar-refractivity contribution in [2.45, 2.75) is 45.6 Å². The lowest BCUT2D eigenvalue weighted by Crippen LogP contribution is -2.31. The lowest BCUT2D eigenvalue weighted by atomic mass is 9.94. The molecule has 2 nitrogen and oxygen atoms in total. The van der Waals surface area contributed by atoms with Crippen LogP contribution < -0.4 is 15.1 Å². The molecule has 0 radical (unpaired) electrons. The van der Waals surface area contributed by atoms with Gasteiger partial charge in [0.05, 0.1) is 5.69 Å². The highest BCUT2D eigenvalue weighted by Gasteiger charge is 2.36. The van der Waals surface area contributed by atoms with Crippen LogP contribution in [0.2, 0.25) is 0 Å². The van der Waals surface area contributed by atoms with Crippen LogP contribution in [0.15, 0.2) is 24.4 Å². The Morgan fingerprint density at radius 2 is 1.82 bits per heavy atom. The quantitative estimate of drug-likeness (QED) is 0.762. The molecule has 1 aromatic rings. The zero-order valence-electron chi connectivity index (χ0n) is 13.7. The standard InChI is InChI=1S/C19H25N2P/c1-12-10-13(2)21(15-6-7-15)18-14(3)19(17(22)11-16(12)18)20-8-4-5-9-20/h10-11,15H,2,4-9,22H2,1,3H3. The molecule has 0 spiro atoms. The largest absolute Gasteiger partial charge is 0.371 e. The minimum absolute atomic E-state index is 0.663. The highest BCUT2D eigenvalue weighted by molar-refractivity contribution is 7.28. The molecular weight excluding hydrogens is 287 g/mol. The summed E-state index contributed by atoms with van der Waals surface area (Å²) in [6.07, 6.45) is 7.48. The minimum atomic E-state index is 0.663. The number of anilines is 2. The molecule has 3 heteroatoms. The molecule has 3 aliphatic rings. The summed E-state index contributed by atoms with van der Waals surface area (Å²) in [5.41, 5.74) is 8.20. The SMILES string of the molecule is C=C1C=C(C)c2cc(P)c(N3CCCC3)c(C)c2N1C1CC1. The van der Waals surface area contributed by atoms with Crippen molar-refractivity contribution in [1.29, 1.82) is 0 Å². The highest BCUT2D eigenvalue weighted by Crippen LogP contribution is 2.46. The Labute approximate surface area is 136 Å². The molecule has 1 saturated heterocycles. The van der Waals surface area contributed by atoms with E-state index in [4.69, 9.17) is 0 Å². The maximum atomic E-state index is 4.33. The molecule has 4 rings (SSSR count). The van der Waals surface area contributed by atoms with E-state index in [0.717, 1.165) is 0 Å². The van der Waals surface area contributed by atoms with Gasteiger partial charge < -0.3 is 9.80 Å². The summed E-state index contributed by atoms with van der Waals surface area (Å²) in [4.78, 5) is 5.07. The van der Waals surface area contributed by atoms with E-state index in [9.17, 15) is 0 Å². The molecule has 2 fully saturated rings. The first kappa shape index (κ1) is 14.3. The number of nitrogens with zero attached hydrogens (tertiary/aromatic N) is 2. The third-order valence-corrected chi connectivity index (χ3v) is 5.67. The van der Waals surface area contributed by atoms with Crippen molar-refractivity contribution in [2.24, 2.45) is 0 Å². The fraction of sp³-hybridized carbons (Fsp3) is 0.474. The van der Waals surface area contributed by atoms with Gasteiger partial charge in [0.2, 0.25) is 0 Å². The highest BCUT2D eigenvalue weighted by atomic mass is 31.0. The van der Waals surface area contributed by atoms with Gasteiger partial charge in [-0.1, -0.05) is 6.58 Å². The fourth-order valence-electron chi connectivity index (χ4n) is 4.09. The molecule has 2 aliphatic heterocycles. The van der Waals surface area contributed by atoms with Crippen molar-refractivity contribution in [3.63, 3.8) is 0 Å². The van der Waals surface area contributed by atoms with Crippen molar-refractivity contribution in [3.8, 4) is 0 Å². The number of fused-ring (bicyclic) bond motifs is 1. The van der Waals surface area contributed by atoms with E-state index in [0.29, 0.717) is 6.04 Å². The summed E-state index contributed by atoms with van der Waals surface area (Å²) in [6.45, 7) is 11.2. The molecule has 0 bridgehead atoms. The molecule has 0 amide bonds. The van der Waals surface area contributed by atoms with Gasteiger partial charge in [0, 0.05) is 36.1 Å². The average Bonchev–Trinajstić information content (AvgIpc) is 3.16. The van der Waals surface area contributed by atoms with Crippen LogP contribution in [-0.4, -0.2) is 19.1 Å². The molecule has 2 heterocycles. The summed E-state index contributed by atoms with van der Waals surface area (Å²) < 4.78 is 0. The zero-order valence-corrected chi connectivity index (χ0v) is 14.8. The first-order valence-corrected chi connectivity index (χ1v) is 9.00. The van der Waals surface area contributed by atoms with Gasteiger partial charge in [0.25, 0.3) is 0 Å². The van der Waals surface area contributed by atoms with Crippen LogP contribution in [0.3, 0.4) is 0 Å². The van der Waals surface area contributed by atoms with Crippen LogP contribution in [0.4, 0.5) is 11.4 Å². The van der Waals surface area contributed by atoms with Gasteiger partial charge in [-0.3, -0.25) is 0 Å². The predicted octanol–water partition coefficient (Wildman–Crippen LogP) is 4.00. The van der Waals surface area contributed by atoms with E-state index < -0.39 is 0 Å². The maximum absolute atomic E-state index is 4.33. The topological polar surface area (TPSA) is 6.48 Å². The Kier molecular flexibility index (Phi) is 3.34. The van der Waals surface area contributed by atoms with Gasteiger partial charge in [-0.2, -0.15) is 0 Å².